The van der Waals surface area contributed by atoms with Gasteiger partial charge in [-0.05, 0) is 62.4 Å². The minimum atomic E-state index is -2.42. The second-order valence-corrected chi connectivity index (χ2v) is 11.1. The van der Waals surface area contributed by atoms with E-state index in [2.05, 4.69) is 19.6 Å². The maximum Gasteiger partial charge on any atom is 0.215 e. The van der Waals surface area contributed by atoms with Gasteiger partial charge in [-0.15, -0.1) is 0 Å². The molecule has 1 unspecified atom stereocenters. The molecule has 0 amide bonds. The van der Waals surface area contributed by atoms with Gasteiger partial charge in [-0.25, -0.2) is 22.3 Å². The molecule has 0 fully saturated rings. The summed E-state index contributed by atoms with van der Waals surface area (Å²) in [5, 5.41) is 3.10. The van der Waals surface area contributed by atoms with Crippen LogP contribution >= 0.6 is 0 Å². The molecule has 3 aromatic rings. The largest absolute Gasteiger partial charge is 0.493 e. The van der Waals surface area contributed by atoms with Gasteiger partial charge in [-0.2, -0.15) is 4.98 Å². The zero-order valence-electron chi connectivity index (χ0n) is 20.4. The third kappa shape index (κ3) is 6.90. The van der Waals surface area contributed by atoms with Gasteiger partial charge in [-0.3, -0.25) is 0 Å². The molecule has 1 N–H and O–H groups in total. The molecule has 1 aromatic carbocycles. The summed E-state index contributed by atoms with van der Waals surface area (Å²) >= 11 is 0. The summed E-state index contributed by atoms with van der Waals surface area (Å²) < 4.78 is 57.6. The number of ether oxygens (including phenoxy) is 2. The van der Waals surface area contributed by atoms with E-state index in [0.717, 1.165) is 37.4 Å². The Labute approximate surface area is 211 Å². The normalized spacial score (nSPS) is 15.8. The Bertz CT molecular complexity index is 1350. The monoisotopic (exact) mass is 518 g/mol. The van der Waals surface area contributed by atoms with Crippen LogP contribution in [0.15, 0.2) is 47.0 Å². The molecule has 4 bridgehead atoms. The van der Waals surface area contributed by atoms with E-state index in [1.54, 1.807) is 18.4 Å². The lowest BCUT2D eigenvalue weighted by Crippen LogP contribution is -2.06. The summed E-state index contributed by atoms with van der Waals surface area (Å²) in [4.78, 5) is 8.67. The van der Waals surface area contributed by atoms with Gasteiger partial charge in [0.15, 0.2) is 0 Å². The molecule has 7 nitrogen and oxygen atoms in total. The van der Waals surface area contributed by atoms with E-state index in [9.17, 15) is 13.0 Å². The van der Waals surface area contributed by atoms with Crippen molar-refractivity contribution in [3.63, 3.8) is 0 Å². The number of fused-ring (bicyclic) bond motifs is 6. The second-order valence-electron chi connectivity index (χ2n) is 8.67. The Morgan fingerprint density at radius 3 is 2.58 bits per heavy atom. The summed E-state index contributed by atoms with van der Waals surface area (Å²) in [7, 11) is -2.42. The molecule has 0 radical (unpaired) electrons. The fourth-order valence-corrected chi connectivity index (χ4v) is 5.43. The van der Waals surface area contributed by atoms with Crippen molar-refractivity contribution in [2.45, 2.75) is 38.4 Å². The molecule has 1 aliphatic heterocycles. The minimum Gasteiger partial charge on any atom is -0.493 e. The van der Waals surface area contributed by atoms with Gasteiger partial charge in [0, 0.05) is 47.2 Å². The molecule has 1 aliphatic rings. The van der Waals surface area contributed by atoms with Gasteiger partial charge in [0.2, 0.25) is 5.88 Å². The van der Waals surface area contributed by atoms with Crippen LogP contribution in [0.25, 0.3) is 11.1 Å². The van der Waals surface area contributed by atoms with Crippen molar-refractivity contribution < 1.29 is 23.9 Å². The van der Waals surface area contributed by atoms with Crippen molar-refractivity contribution in [2.24, 2.45) is 4.36 Å². The lowest BCUT2D eigenvalue weighted by atomic mass is 10.0. The van der Waals surface area contributed by atoms with E-state index < -0.39 is 21.4 Å². The third-order valence-corrected chi connectivity index (χ3v) is 7.26. The first-order valence-corrected chi connectivity index (χ1v) is 14.1. The predicted molar refractivity (Wildman–Crippen MR) is 139 cm³/mol. The molecule has 1 atom stereocenters. The highest BCUT2D eigenvalue weighted by Gasteiger charge is 2.16. The van der Waals surface area contributed by atoms with Gasteiger partial charge in [0.25, 0.3) is 0 Å². The number of nitrogens with one attached hydrogen (secondary N) is 1. The number of pyridine rings is 2. The summed E-state index contributed by atoms with van der Waals surface area (Å²) in [6.45, 7) is 3.18. The number of hydrogen-bond donors (Lipinski definition) is 1. The van der Waals surface area contributed by atoms with Crippen LogP contribution in [0, 0.1) is 11.6 Å². The average molecular weight is 519 g/mol. The van der Waals surface area contributed by atoms with Gasteiger partial charge >= 0.3 is 0 Å². The Hall–Kier alpha value is -3.27. The van der Waals surface area contributed by atoms with E-state index >= 15 is 0 Å². The van der Waals surface area contributed by atoms with Crippen molar-refractivity contribution >= 4 is 21.4 Å². The second kappa shape index (κ2) is 11.6. The lowest BCUT2D eigenvalue weighted by Gasteiger charge is -2.14. The summed E-state index contributed by atoms with van der Waals surface area (Å²) in [5.41, 5.74) is 1.40. The molecule has 0 aliphatic carbocycles. The molecular weight excluding hydrogens is 486 g/mol. The highest BCUT2D eigenvalue weighted by Crippen LogP contribution is 2.34. The molecule has 3 heterocycles. The van der Waals surface area contributed by atoms with E-state index in [4.69, 9.17) is 9.47 Å². The first-order valence-electron chi connectivity index (χ1n) is 12.0. The van der Waals surface area contributed by atoms with Crippen LogP contribution in [0.1, 0.15) is 39.6 Å². The van der Waals surface area contributed by atoms with Gasteiger partial charge in [0.1, 0.15) is 29.0 Å². The van der Waals surface area contributed by atoms with E-state index in [1.165, 1.54) is 24.3 Å². The number of hydrogen-bond acceptors (Lipinski definition) is 7. The zero-order valence-corrected chi connectivity index (χ0v) is 21.2. The fraction of sp³-hybridized carbons (Fsp3) is 0.385. The smallest absolute Gasteiger partial charge is 0.215 e. The molecule has 0 saturated heterocycles. The SMILES string of the molecule is CCN=S(C)(=O)Cc1cc2nc(c1)OCCCCCCOc1cc(F)ccc1-c1cc(ncc1F)N2.[HH]. The predicted octanol–water partition coefficient (Wildman–Crippen LogP) is 6.36. The first kappa shape index (κ1) is 25.8. The fourth-order valence-electron chi connectivity index (χ4n) is 4.01. The van der Waals surface area contributed by atoms with Crippen LogP contribution in [-0.2, 0) is 15.5 Å². The average Bonchev–Trinajstić information content (AvgIpc) is 2.81. The number of benzene rings is 1. The third-order valence-electron chi connectivity index (χ3n) is 5.59. The molecule has 4 rings (SSSR count). The number of rotatable bonds is 3. The van der Waals surface area contributed by atoms with Gasteiger partial charge < -0.3 is 14.8 Å². The maximum absolute atomic E-state index is 14.8. The topological polar surface area (TPSA) is 85.7 Å². The molecule has 0 saturated carbocycles. The quantitative estimate of drug-likeness (QED) is 0.434. The number of halogens is 2. The molecule has 194 valence electrons. The molecule has 36 heavy (non-hydrogen) atoms. The Morgan fingerprint density at radius 2 is 1.81 bits per heavy atom. The van der Waals surface area contributed by atoms with Crippen LogP contribution in [0.2, 0.25) is 0 Å². The maximum atomic E-state index is 14.8. The number of nitrogens with zero attached hydrogens (tertiary/aromatic N) is 3. The molecule has 10 heteroatoms. The summed E-state index contributed by atoms with van der Waals surface area (Å²) in [6, 6.07) is 9.10. The zero-order chi connectivity index (χ0) is 25.5. The summed E-state index contributed by atoms with van der Waals surface area (Å²) in [5.74, 6) is 0.646. The highest BCUT2D eigenvalue weighted by molar-refractivity contribution is 7.92. The number of anilines is 2. The van der Waals surface area contributed by atoms with Crippen LogP contribution in [0.5, 0.6) is 11.6 Å². The molecular formula is C26H32F2N4O3S. The van der Waals surface area contributed by atoms with Crippen molar-refractivity contribution in [1.29, 1.82) is 0 Å². The van der Waals surface area contributed by atoms with Gasteiger partial charge in [-0.1, -0.05) is 0 Å². The molecule has 2 aromatic heterocycles. The Kier molecular flexibility index (Phi) is 8.35. The van der Waals surface area contributed by atoms with Crippen LogP contribution in [0.3, 0.4) is 0 Å². The van der Waals surface area contributed by atoms with Crippen LogP contribution < -0.4 is 14.8 Å². The van der Waals surface area contributed by atoms with E-state index in [-0.39, 0.29) is 18.5 Å². The number of aromatic nitrogens is 2. The first-order chi connectivity index (χ1) is 17.3. The lowest BCUT2D eigenvalue weighted by molar-refractivity contribution is 0.281. The highest BCUT2D eigenvalue weighted by atomic mass is 32.2. The van der Waals surface area contributed by atoms with E-state index in [0.29, 0.717) is 42.8 Å². The van der Waals surface area contributed by atoms with Crippen molar-refractivity contribution in [3.8, 4) is 22.8 Å². The Balaban J connectivity index is 0.00000380. The van der Waals surface area contributed by atoms with Crippen molar-refractivity contribution in [1.82, 2.24) is 9.97 Å². The Morgan fingerprint density at radius 1 is 1.03 bits per heavy atom. The summed E-state index contributed by atoms with van der Waals surface area (Å²) in [6.07, 6.45) is 6.13. The van der Waals surface area contributed by atoms with E-state index in [1.807, 2.05) is 6.92 Å². The van der Waals surface area contributed by atoms with Crippen molar-refractivity contribution in [2.75, 3.05) is 31.3 Å². The van der Waals surface area contributed by atoms with Gasteiger partial charge in [0.05, 0.1) is 25.2 Å². The minimum absolute atomic E-state index is 0. The van der Waals surface area contributed by atoms with Crippen LogP contribution in [0.4, 0.5) is 20.4 Å². The molecule has 0 spiro atoms. The van der Waals surface area contributed by atoms with Crippen LogP contribution in [-0.4, -0.2) is 40.2 Å². The standard InChI is InChI=1S/C26H30F2N4O3S.H2/c1-3-30-36(2,33)17-18-12-25-31-24-15-21(22(28)16-29-24)20-9-8-19(27)14-23(20)34-10-6-4-5-7-11-35-26(13-18)32-25;/h8-9,12-16H,3-7,10-11,17H2,1-2H3,(H,29,31,32);1H. The van der Waals surface area contributed by atoms with Crippen molar-refractivity contribution in [3.05, 3.63) is 59.8 Å².